The highest BCUT2D eigenvalue weighted by Gasteiger charge is 2.28. The van der Waals surface area contributed by atoms with Crippen molar-refractivity contribution in [3.05, 3.63) is 23.0 Å². The maximum absolute atomic E-state index is 9.04. The zero-order valence-electron chi connectivity index (χ0n) is 12.7. The van der Waals surface area contributed by atoms with Crippen LogP contribution in [-0.2, 0) is 0 Å². The second-order valence-corrected chi connectivity index (χ2v) is 5.78. The molecule has 0 amide bonds. The molecule has 3 N–H and O–H groups in total. The molecule has 1 aliphatic heterocycles. The quantitative estimate of drug-likeness (QED) is 0.376. The molecule has 0 saturated carbocycles. The number of rotatable bonds is 2. The fraction of sp³-hybridized carbons (Fsp3) is 0.600. The first kappa shape index (κ1) is 14.6. The molecule has 0 aliphatic carbocycles. The van der Waals surface area contributed by atoms with Crippen molar-refractivity contribution in [1.29, 1.82) is 0 Å². The molecule has 2 unspecified atom stereocenters. The number of hydrogen-bond acceptors (Lipinski definition) is 4. The van der Waals surface area contributed by atoms with Gasteiger partial charge in [0.2, 0.25) is 0 Å². The lowest BCUT2D eigenvalue weighted by molar-refractivity contribution is 0.318. The summed E-state index contributed by atoms with van der Waals surface area (Å²) >= 11 is 0. The molecule has 0 radical (unpaired) electrons. The van der Waals surface area contributed by atoms with Crippen molar-refractivity contribution < 1.29 is 5.21 Å². The van der Waals surface area contributed by atoms with Crippen molar-refractivity contribution in [2.24, 2.45) is 16.8 Å². The number of oxime groups is 1. The van der Waals surface area contributed by atoms with Crippen LogP contribution in [0.25, 0.3) is 0 Å². The minimum Gasteiger partial charge on any atom is -0.409 e. The first-order valence-corrected chi connectivity index (χ1v) is 7.18. The van der Waals surface area contributed by atoms with Crippen molar-refractivity contribution in [3.8, 4) is 0 Å². The lowest BCUT2D eigenvalue weighted by Crippen LogP contribution is -2.43. The molecule has 20 heavy (non-hydrogen) atoms. The van der Waals surface area contributed by atoms with Gasteiger partial charge in [-0.1, -0.05) is 12.1 Å². The summed E-state index contributed by atoms with van der Waals surface area (Å²) in [6.07, 6.45) is 2.42. The number of aromatic nitrogens is 1. The van der Waals surface area contributed by atoms with Crippen LogP contribution < -0.4 is 10.6 Å². The van der Waals surface area contributed by atoms with Gasteiger partial charge in [0.1, 0.15) is 0 Å². The largest absolute Gasteiger partial charge is 0.409 e. The van der Waals surface area contributed by atoms with Gasteiger partial charge in [0.15, 0.2) is 5.84 Å². The SMILES string of the molecule is Cc1cc(N2CCCC(C)C2C)c(/C(N)=N/O)c(C)n1. The van der Waals surface area contributed by atoms with Gasteiger partial charge in [0, 0.05) is 18.3 Å². The smallest absolute Gasteiger partial charge is 0.174 e. The van der Waals surface area contributed by atoms with E-state index in [4.69, 9.17) is 10.9 Å². The first-order valence-electron chi connectivity index (χ1n) is 7.18. The van der Waals surface area contributed by atoms with Crippen LogP contribution in [0, 0.1) is 19.8 Å². The van der Waals surface area contributed by atoms with Gasteiger partial charge < -0.3 is 15.8 Å². The Labute approximate surface area is 120 Å². The zero-order chi connectivity index (χ0) is 14.9. The Morgan fingerprint density at radius 2 is 2.15 bits per heavy atom. The van der Waals surface area contributed by atoms with Gasteiger partial charge in [-0.2, -0.15) is 0 Å². The van der Waals surface area contributed by atoms with Gasteiger partial charge in [-0.15, -0.1) is 0 Å². The molecule has 110 valence electrons. The van der Waals surface area contributed by atoms with E-state index < -0.39 is 0 Å². The first-order chi connectivity index (χ1) is 9.45. The molecular formula is C15H24N4O. The van der Waals surface area contributed by atoms with Crippen LogP contribution in [-0.4, -0.2) is 28.6 Å². The standard InChI is InChI=1S/C15H24N4O/c1-9-6-5-7-19(12(9)4)13-8-10(2)17-11(3)14(13)15(16)18-20/h8-9,12,20H,5-7H2,1-4H3,(H2,16,18). The molecule has 1 fully saturated rings. The summed E-state index contributed by atoms with van der Waals surface area (Å²) < 4.78 is 0. The van der Waals surface area contributed by atoms with E-state index >= 15 is 0 Å². The topological polar surface area (TPSA) is 74.7 Å². The predicted octanol–water partition coefficient (Wildman–Crippen LogP) is 2.42. The highest BCUT2D eigenvalue weighted by Crippen LogP contribution is 2.32. The number of nitrogens with two attached hydrogens (primary N) is 1. The van der Waals surface area contributed by atoms with Crippen LogP contribution in [0.2, 0.25) is 0 Å². The summed E-state index contributed by atoms with van der Waals surface area (Å²) in [7, 11) is 0. The average molecular weight is 276 g/mol. The molecular weight excluding hydrogens is 252 g/mol. The Kier molecular flexibility index (Phi) is 4.16. The van der Waals surface area contributed by atoms with Gasteiger partial charge >= 0.3 is 0 Å². The van der Waals surface area contributed by atoms with Crippen molar-refractivity contribution in [3.63, 3.8) is 0 Å². The highest BCUT2D eigenvalue weighted by molar-refractivity contribution is 6.03. The molecule has 0 aromatic carbocycles. The van der Waals surface area contributed by atoms with Crippen molar-refractivity contribution in [2.75, 3.05) is 11.4 Å². The summed E-state index contributed by atoms with van der Waals surface area (Å²) in [6.45, 7) is 9.40. The average Bonchev–Trinajstić information content (AvgIpc) is 2.40. The van der Waals surface area contributed by atoms with Crippen LogP contribution in [0.5, 0.6) is 0 Å². The second-order valence-electron chi connectivity index (χ2n) is 5.78. The molecule has 2 heterocycles. The number of aryl methyl sites for hydroxylation is 2. The molecule has 1 aliphatic rings. The number of pyridine rings is 1. The van der Waals surface area contributed by atoms with E-state index in [1.165, 1.54) is 12.8 Å². The maximum atomic E-state index is 9.04. The van der Waals surface area contributed by atoms with Gasteiger partial charge in [-0.05, 0) is 45.6 Å². The van der Waals surface area contributed by atoms with Crippen LogP contribution in [0.3, 0.4) is 0 Å². The van der Waals surface area contributed by atoms with E-state index in [9.17, 15) is 0 Å². The van der Waals surface area contributed by atoms with Crippen LogP contribution >= 0.6 is 0 Å². The van der Waals surface area contributed by atoms with Crippen LogP contribution in [0.15, 0.2) is 11.2 Å². The van der Waals surface area contributed by atoms with E-state index in [0.717, 1.165) is 29.2 Å². The predicted molar refractivity (Wildman–Crippen MR) is 81.4 cm³/mol. The zero-order valence-corrected chi connectivity index (χ0v) is 12.7. The minimum absolute atomic E-state index is 0.135. The molecule has 2 rings (SSSR count). The molecule has 0 spiro atoms. The number of nitrogens with zero attached hydrogens (tertiary/aromatic N) is 3. The lowest BCUT2D eigenvalue weighted by atomic mass is 9.91. The Bertz CT molecular complexity index is 527. The van der Waals surface area contributed by atoms with E-state index in [2.05, 4.69) is 28.9 Å². The number of amidine groups is 1. The number of anilines is 1. The van der Waals surface area contributed by atoms with E-state index in [1.54, 1.807) is 0 Å². The summed E-state index contributed by atoms with van der Waals surface area (Å²) in [5.41, 5.74) is 9.41. The Balaban J connectivity index is 2.54. The summed E-state index contributed by atoms with van der Waals surface area (Å²) in [5, 5.41) is 12.2. The molecule has 1 aromatic heterocycles. The third kappa shape index (κ3) is 2.57. The fourth-order valence-electron chi connectivity index (χ4n) is 3.08. The van der Waals surface area contributed by atoms with Gasteiger partial charge in [0.25, 0.3) is 0 Å². The molecule has 2 atom stereocenters. The van der Waals surface area contributed by atoms with E-state index in [-0.39, 0.29) is 5.84 Å². The lowest BCUT2D eigenvalue weighted by Gasteiger charge is -2.40. The molecule has 5 heteroatoms. The monoisotopic (exact) mass is 276 g/mol. The Morgan fingerprint density at radius 3 is 2.80 bits per heavy atom. The number of hydrogen-bond donors (Lipinski definition) is 2. The maximum Gasteiger partial charge on any atom is 0.174 e. The molecule has 5 nitrogen and oxygen atoms in total. The molecule has 0 bridgehead atoms. The van der Waals surface area contributed by atoms with Crippen molar-refractivity contribution in [1.82, 2.24) is 4.98 Å². The second kappa shape index (κ2) is 5.69. The highest BCUT2D eigenvalue weighted by atomic mass is 16.4. The summed E-state index contributed by atoms with van der Waals surface area (Å²) in [5.74, 6) is 0.771. The fourth-order valence-corrected chi connectivity index (χ4v) is 3.08. The van der Waals surface area contributed by atoms with Crippen molar-refractivity contribution in [2.45, 2.75) is 46.6 Å². The van der Waals surface area contributed by atoms with Gasteiger partial charge in [-0.3, -0.25) is 4.98 Å². The Hall–Kier alpha value is -1.78. The summed E-state index contributed by atoms with van der Waals surface area (Å²) in [6, 6.07) is 2.48. The third-order valence-electron chi connectivity index (χ3n) is 4.35. The van der Waals surface area contributed by atoms with E-state index in [1.807, 2.05) is 19.9 Å². The number of piperidine rings is 1. The minimum atomic E-state index is 0.135. The normalized spacial score (nSPS) is 24.0. The van der Waals surface area contributed by atoms with Crippen molar-refractivity contribution >= 4 is 11.5 Å². The molecule has 1 aromatic rings. The van der Waals surface area contributed by atoms with Gasteiger partial charge in [0.05, 0.1) is 16.9 Å². The Morgan fingerprint density at radius 1 is 1.45 bits per heavy atom. The summed E-state index contributed by atoms with van der Waals surface area (Å²) in [4.78, 5) is 6.81. The van der Waals surface area contributed by atoms with Crippen LogP contribution in [0.1, 0.15) is 43.6 Å². The van der Waals surface area contributed by atoms with Gasteiger partial charge in [-0.25, -0.2) is 0 Å². The van der Waals surface area contributed by atoms with Crippen LogP contribution in [0.4, 0.5) is 5.69 Å². The van der Waals surface area contributed by atoms with E-state index in [0.29, 0.717) is 12.0 Å². The third-order valence-corrected chi connectivity index (χ3v) is 4.35. The molecule has 1 saturated heterocycles.